The Kier molecular flexibility index (Phi) is 7.50. The summed E-state index contributed by atoms with van der Waals surface area (Å²) in [5, 5.41) is 9.87. The third kappa shape index (κ3) is 5.14. The van der Waals surface area contributed by atoms with Crippen LogP contribution in [0.2, 0.25) is 0 Å². The van der Waals surface area contributed by atoms with Gasteiger partial charge in [-0.3, -0.25) is 0 Å². The summed E-state index contributed by atoms with van der Waals surface area (Å²) in [4.78, 5) is 2.20. The maximum atomic E-state index is 14.4. The highest BCUT2D eigenvalue weighted by Gasteiger charge is 2.40. The van der Waals surface area contributed by atoms with Crippen molar-refractivity contribution in [2.45, 2.75) is 38.5 Å². The number of rotatable bonds is 9. The number of likely N-dealkylation sites (N-methyl/N-ethyl adjacent to an activating group) is 1. The normalized spacial score (nSPS) is 13.6. The van der Waals surface area contributed by atoms with Crippen molar-refractivity contribution >= 4 is 0 Å². The van der Waals surface area contributed by atoms with Crippen molar-refractivity contribution in [3.63, 3.8) is 0 Å². The largest absolute Gasteiger partial charge is 0.306 e. The first-order valence-electron chi connectivity index (χ1n) is 9.49. The molecule has 1 unspecified atom stereocenters. The van der Waals surface area contributed by atoms with Gasteiger partial charge in [-0.1, -0.05) is 50.2 Å². The summed E-state index contributed by atoms with van der Waals surface area (Å²) < 4.78 is 28.8. The van der Waals surface area contributed by atoms with E-state index in [4.69, 9.17) is 0 Å². The van der Waals surface area contributed by atoms with Crippen LogP contribution >= 0.6 is 0 Å². The van der Waals surface area contributed by atoms with Gasteiger partial charge in [-0.15, -0.1) is 0 Å². The van der Waals surface area contributed by atoms with E-state index in [-0.39, 0.29) is 11.5 Å². The van der Waals surface area contributed by atoms with Gasteiger partial charge in [-0.2, -0.15) is 5.26 Å². The summed E-state index contributed by atoms with van der Waals surface area (Å²) in [7, 11) is 2.04. The summed E-state index contributed by atoms with van der Waals surface area (Å²) in [6.45, 7) is 5.39. The molecule has 0 spiro atoms. The SMILES string of the molecule is CC(C)C(C#N)(CCCN(C)CCc1ccccc1)c1c(F)cccc1F. The average molecular weight is 370 g/mol. The smallest absolute Gasteiger partial charge is 0.130 e. The molecule has 2 aromatic rings. The Morgan fingerprint density at radius 2 is 1.63 bits per heavy atom. The third-order valence-corrected chi connectivity index (χ3v) is 5.33. The quantitative estimate of drug-likeness (QED) is 0.596. The molecule has 0 aliphatic heterocycles. The van der Waals surface area contributed by atoms with E-state index in [1.54, 1.807) is 0 Å². The van der Waals surface area contributed by atoms with Crippen LogP contribution in [0.3, 0.4) is 0 Å². The van der Waals surface area contributed by atoms with E-state index in [1.807, 2.05) is 39.1 Å². The zero-order valence-electron chi connectivity index (χ0n) is 16.4. The number of nitrogens with zero attached hydrogens (tertiary/aromatic N) is 2. The molecule has 0 saturated carbocycles. The fourth-order valence-electron chi connectivity index (χ4n) is 3.57. The van der Waals surface area contributed by atoms with Crippen LogP contribution < -0.4 is 0 Å². The van der Waals surface area contributed by atoms with Crippen molar-refractivity contribution in [3.8, 4) is 6.07 Å². The summed E-state index contributed by atoms with van der Waals surface area (Å²) >= 11 is 0. The van der Waals surface area contributed by atoms with Crippen LogP contribution in [0.15, 0.2) is 48.5 Å². The highest BCUT2D eigenvalue weighted by molar-refractivity contribution is 5.36. The lowest BCUT2D eigenvalue weighted by atomic mass is 9.69. The molecule has 0 aliphatic carbocycles. The molecule has 0 aromatic heterocycles. The lowest BCUT2D eigenvalue weighted by Gasteiger charge is -2.32. The summed E-state index contributed by atoms with van der Waals surface area (Å²) in [5.74, 6) is -1.46. The number of halogens is 2. The van der Waals surface area contributed by atoms with E-state index < -0.39 is 17.0 Å². The molecule has 0 fully saturated rings. The zero-order chi connectivity index (χ0) is 19.9. The minimum atomic E-state index is -1.16. The monoisotopic (exact) mass is 370 g/mol. The fourth-order valence-corrected chi connectivity index (χ4v) is 3.57. The molecule has 0 radical (unpaired) electrons. The molecule has 0 amide bonds. The second kappa shape index (κ2) is 9.62. The van der Waals surface area contributed by atoms with Gasteiger partial charge in [0.15, 0.2) is 0 Å². The summed E-state index contributed by atoms with van der Waals surface area (Å²) in [6.07, 6.45) is 2.08. The molecule has 0 saturated heterocycles. The number of benzene rings is 2. The maximum absolute atomic E-state index is 14.4. The summed E-state index contributed by atoms with van der Waals surface area (Å²) in [5.41, 5.74) is 0.0381. The Labute approximate surface area is 161 Å². The van der Waals surface area contributed by atoms with Crippen LogP contribution in [0.5, 0.6) is 0 Å². The van der Waals surface area contributed by atoms with Crippen molar-refractivity contribution in [3.05, 3.63) is 71.3 Å². The molecular formula is C23H28F2N2. The van der Waals surface area contributed by atoms with Gasteiger partial charge in [-0.25, -0.2) is 8.78 Å². The molecule has 2 rings (SSSR count). The molecule has 27 heavy (non-hydrogen) atoms. The summed E-state index contributed by atoms with van der Waals surface area (Å²) in [6, 6.07) is 16.3. The zero-order valence-corrected chi connectivity index (χ0v) is 16.4. The van der Waals surface area contributed by atoms with E-state index in [2.05, 4.69) is 23.1 Å². The molecule has 1 atom stereocenters. The van der Waals surface area contributed by atoms with Gasteiger partial charge in [0.1, 0.15) is 11.6 Å². The van der Waals surface area contributed by atoms with Gasteiger partial charge < -0.3 is 4.90 Å². The van der Waals surface area contributed by atoms with E-state index >= 15 is 0 Å². The predicted molar refractivity (Wildman–Crippen MR) is 105 cm³/mol. The lowest BCUT2D eigenvalue weighted by Crippen LogP contribution is -2.34. The van der Waals surface area contributed by atoms with Crippen LogP contribution in [0.1, 0.15) is 37.8 Å². The molecule has 0 N–H and O–H groups in total. The van der Waals surface area contributed by atoms with Crippen molar-refractivity contribution in [2.75, 3.05) is 20.1 Å². The van der Waals surface area contributed by atoms with Crippen LogP contribution in [0, 0.1) is 28.9 Å². The van der Waals surface area contributed by atoms with Gasteiger partial charge in [0.25, 0.3) is 0 Å². The minimum Gasteiger partial charge on any atom is -0.306 e. The van der Waals surface area contributed by atoms with Crippen LogP contribution in [0.25, 0.3) is 0 Å². The van der Waals surface area contributed by atoms with Crippen molar-refractivity contribution in [1.29, 1.82) is 5.26 Å². The Morgan fingerprint density at radius 3 is 2.19 bits per heavy atom. The van der Waals surface area contributed by atoms with Gasteiger partial charge in [-0.05, 0) is 56.5 Å². The van der Waals surface area contributed by atoms with Gasteiger partial charge >= 0.3 is 0 Å². The Hall–Kier alpha value is -2.25. The average Bonchev–Trinajstić information content (AvgIpc) is 2.65. The van der Waals surface area contributed by atoms with Crippen molar-refractivity contribution in [2.24, 2.45) is 5.92 Å². The van der Waals surface area contributed by atoms with E-state index in [9.17, 15) is 14.0 Å². The molecular weight excluding hydrogens is 342 g/mol. The van der Waals surface area contributed by atoms with Crippen molar-refractivity contribution < 1.29 is 8.78 Å². The van der Waals surface area contributed by atoms with Crippen LogP contribution in [-0.2, 0) is 11.8 Å². The molecule has 0 bridgehead atoms. The van der Waals surface area contributed by atoms with Gasteiger partial charge in [0, 0.05) is 12.1 Å². The van der Waals surface area contributed by atoms with Crippen LogP contribution in [-0.4, -0.2) is 25.0 Å². The Balaban J connectivity index is 2.02. The van der Waals surface area contributed by atoms with Crippen molar-refractivity contribution in [1.82, 2.24) is 4.90 Å². The first-order valence-corrected chi connectivity index (χ1v) is 9.49. The third-order valence-electron chi connectivity index (χ3n) is 5.33. The second-order valence-electron chi connectivity index (χ2n) is 7.48. The number of hydrogen-bond donors (Lipinski definition) is 0. The van der Waals surface area contributed by atoms with Crippen LogP contribution in [0.4, 0.5) is 8.78 Å². The fraction of sp³-hybridized carbons (Fsp3) is 0.435. The molecule has 4 heteroatoms. The maximum Gasteiger partial charge on any atom is 0.130 e. The minimum absolute atomic E-state index is 0.0885. The van der Waals surface area contributed by atoms with E-state index in [0.29, 0.717) is 12.8 Å². The number of nitriles is 1. The highest BCUT2D eigenvalue weighted by atomic mass is 19.1. The predicted octanol–water partition coefficient (Wildman–Crippen LogP) is 5.34. The standard InChI is InChI=1S/C23H28F2N2/c1-18(2)23(17-26,22-20(24)11-7-12-21(22)25)14-8-15-27(3)16-13-19-9-5-4-6-10-19/h4-7,9-12,18H,8,13-16H2,1-3H3. The lowest BCUT2D eigenvalue weighted by molar-refractivity contribution is 0.285. The topological polar surface area (TPSA) is 27.0 Å². The highest BCUT2D eigenvalue weighted by Crippen LogP contribution is 2.39. The molecule has 0 heterocycles. The van der Waals surface area contributed by atoms with E-state index in [1.165, 1.54) is 23.8 Å². The van der Waals surface area contributed by atoms with Gasteiger partial charge in [0.05, 0.1) is 11.5 Å². The molecule has 2 nitrogen and oxygen atoms in total. The molecule has 144 valence electrons. The number of hydrogen-bond acceptors (Lipinski definition) is 2. The molecule has 0 aliphatic rings. The first kappa shape index (κ1) is 21.1. The molecule has 2 aromatic carbocycles. The van der Waals surface area contributed by atoms with E-state index in [0.717, 1.165) is 19.5 Å². The first-order chi connectivity index (χ1) is 12.9. The Morgan fingerprint density at radius 1 is 1.00 bits per heavy atom. The Bertz CT molecular complexity index is 747. The van der Waals surface area contributed by atoms with Gasteiger partial charge in [0.2, 0.25) is 0 Å². The second-order valence-corrected chi connectivity index (χ2v) is 7.48.